The SMILES string of the molecule is Cc1ncsc1-c1ccc(CNC(=O)[C@@H]2C[C@@H](O)CN2C(=O)[C@@H](NC(=O)CCCCCCCCCCOc2cc(C(=O)Nc3c(Cl)cncc3Cl)ccc2OC(F)F)C(C)(C)C)cc1. The summed E-state index contributed by atoms with van der Waals surface area (Å²) in [5.74, 6) is -1.79. The molecule has 5 rings (SSSR count). The summed E-state index contributed by atoms with van der Waals surface area (Å²) in [7, 11) is 0. The standard InChI is InChI=1S/C46H56Cl2F2N6O7S/c1-28-40(64-27-53-28)30-16-14-29(15-17-30)23-52-43(60)35-22-32(57)26-56(35)44(61)41(46(2,3)4)54-38(58)13-11-9-7-5-6-8-10-12-20-62-37-21-31(18-19-36(37)63-45(49)50)42(59)55-39-33(47)24-51-25-34(39)48/h14-19,21,24-25,27,32,35,41,45,57H,5-13,20,22-23,26H2,1-4H3,(H,52,60)(H,54,58)(H,51,55,59)/t32-,35+,41-/m1/s1. The van der Waals surface area contributed by atoms with E-state index in [1.54, 1.807) is 16.8 Å². The maximum absolute atomic E-state index is 14.0. The average molecular weight is 946 g/mol. The third-order valence-corrected chi connectivity index (χ3v) is 12.3. The number of likely N-dealkylation sites (tertiary alicyclic amines) is 1. The first-order chi connectivity index (χ1) is 30.5. The number of rotatable bonds is 22. The number of aryl methyl sites for hydroxylation is 1. The van der Waals surface area contributed by atoms with Gasteiger partial charge in [0.05, 0.1) is 44.5 Å². The highest BCUT2D eigenvalue weighted by atomic mass is 35.5. The van der Waals surface area contributed by atoms with Crippen molar-refractivity contribution in [2.45, 2.75) is 123 Å². The van der Waals surface area contributed by atoms with Crippen molar-refractivity contribution in [3.05, 3.63) is 87.2 Å². The number of thiazole rings is 1. The molecule has 0 spiro atoms. The van der Waals surface area contributed by atoms with Crippen LogP contribution < -0.4 is 25.4 Å². The van der Waals surface area contributed by atoms with Gasteiger partial charge >= 0.3 is 6.61 Å². The van der Waals surface area contributed by atoms with E-state index in [9.17, 15) is 33.1 Å². The maximum Gasteiger partial charge on any atom is 0.387 e. The Labute approximate surface area is 386 Å². The Balaban J connectivity index is 0.992. The van der Waals surface area contributed by atoms with Crippen LogP contribution in [0.3, 0.4) is 0 Å². The van der Waals surface area contributed by atoms with Gasteiger partial charge in [0.25, 0.3) is 5.91 Å². The van der Waals surface area contributed by atoms with Gasteiger partial charge in [-0.15, -0.1) is 11.3 Å². The van der Waals surface area contributed by atoms with E-state index >= 15 is 0 Å². The third kappa shape index (κ3) is 14.6. The molecule has 4 amide bonds. The molecular weight excluding hydrogens is 890 g/mol. The predicted octanol–water partition coefficient (Wildman–Crippen LogP) is 9.37. The highest BCUT2D eigenvalue weighted by molar-refractivity contribution is 7.13. The lowest BCUT2D eigenvalue weighted by molar-refractivity contribution is -0.144. The number of aliphatic hydroxyl groups is 1. The number of benzene rings is 2. The van der Waals surface area contributed by atoms with Crippen LogP contribution in [0.5, 0.6) is 11.5 Å². The first-order valence-corrected chi connectivity index (χ1v) is 23.0. The Hall–Kier alpha value is -4.90. The van der Waals surface area contributed by atoms with Crippen LogP contribution in [0.15, 0.2) is 60.4 Å². The number of aliphatic hydroxyl groups excluding tert-OH is 1. The van der Waals surface area contributed by atoms with Gasteiger partial charge < -0.3 is 35.4 Å². The fourth-order valence-electron chi connectivity index (χ4n) is 7.32. The molecule has 18 heteroatoms. The molecule has 2 aromatic carbocycles. The first-order valence-electron chi connectivity index (χ1n) is 21.4. The largest absolute Gasteiger partial charge is 0.490 e. The number of hydrogen-bond donors (Lipinski definition) is 4. The third-order valence-electron chi connectivity index (χ3n) is 10.8. The van der Waals surface area contributed by atoms with E-state index in [0.717, 1.165) is 60.2 Å². The quantitative estimate of drug-likeness (QED) is 0.0561. The Morgan fingerprint density at radius 1 is 0.938 bits per heavy atom. The van der Waals surface area contributed by atoms with Gasteiger partial charge in [0.2, 0.25) is 17.7 Å². The van der Waals surface area contributed by atoms with E-state index in [0.29, 0.717) is 12.8 Å². The van der Waals surface area contributed by atoms with E-state index in [1.807, 2.05) is 52.0 Å². The summed E-state index contributed by atoms with van der Waals surface area (Å²) in [6.07, 6.45) is 8.84. The van der Waals surface area contributed by atoms with Crippen molar-refractivity contribution < 1.29 is 42.5 Å². The Morgan fingerprint density at radius 2 is 1.59 bits per heavy atom. The summed E-state index contributed by atoms with van der Waals surface area (Å²) >= 11 is 13.8. The Morgan fingerprint density at radius 3 is 2.22 bits per heavy atom. The molecule has 4 aromatic rings. The molecule has 1 fully saturated rings. The number of carbonyl (C=O) groups is 4. The van der Waals surface area contributed by atoms with Gasteiger partial charge in [0.15, 0.2) is 11.5 Å². The van der Waals surface area contributed by atoms with Crippen LogP contribution in [0, 0.1) is 12.3 Å². The van der Waals surface area contributed by atoms with Crippen LogP contribution in [0.2, 0.25) is 10.0 Å². The highest BCUT2D eigenvalue weighted by Gasteiger charge is 2.44. The molecule has 0 aliphatic carbocycles. The number of amides is 4. The number of anilines is 1. The molecule has 1 aliphatic rings. The van der Waals surface area contributed by atoms with E-state index in [2.05, 4.69) is 30.7 Å². The molecule has 1 saturated heterocycles. The monoisotopic (exact) mass is 944 g/mol. The van der Waals surface area contributed by atoms with Crippen molar-refractivity contribution in [1.82, 2.24) is 25.5 Å². The zero-order valence-electron chi connectivity index (χ0n) is 36.4. The zero-order chi connectivity index (χ0) is 46.4. The molecular formula is C46H56Cl2F2N6O7S. The molecule has 64 heavy (non-hydrogen) atoms. The maximum atomic E-state index is 14.0. The second-order valence-corrected chi connectivity index (χ2v) is 18.5. The summed E-state index contributed by atoms with van der Waals surface area (Å²) in [6.45, 7) is 4.94. The van der Waals surface area contributed by atoms with Gasteiger partial charge in [-0.1, -0.05) is 107 Å². The van der Waals surface area contributed by atoms with Crippen molar-refractivity contribution in [1.29, 1.82) is 0 Å². The molecule has 0 saturated carbocycles. The number of nitrogens with zero attached hydrogens (tertiary/aromatic N) is 3. The second kappa shape index (κ2) is 23.9. The number of carbonyl (C=O) groups excluding carboxylic acids is 4. The molecule has 1 aliphatic heterocycles. The first kappa shape index (κ1) is 50.1. The van der Waals surface area contributed by atoms with Crippen LogP contribution in [0.1, 0.15) is 107 Å². The Kier molecular flexibility index (Phi) is 18.7. The summed E-state index contributed by atoms with van der Waals surface area (Å²) in [5, 5.41) is 19.3. The smallest absolute Gasteiger partial charge is 0.387 e. The molecule has 3 heterocycles. The van der Waals surface area contributed by atoms with Crippen molar-refractivity contribution in [3.8, 4) is 21.9 Å². The molecule has 0 unspecified atom stereocenters. The zero-order valence-corrected chi connectivity index (χ0v) is 38.8. The van der Waals surface area contributed by atoms with Gasteiger partial charge in [0.1, 0.15) is 12.1 Å². The molecule has 13 nitrogen and oxygen atoms in total. The van der Waals surface area contributed by atoms with E-state index in [1.165, 1.54) is 35.5 Å². The molecule has 346 valence electrons. The molecule has 4 N–H and O–H groups in total. The van der Waals surface area contributed by atoms with Gasteiger partial charge in [-0.05, 0) is 54.5 Å². The van der Waals surface area contributed by atoms with Crippen LogP contribution in [-0.2, 0) is 20.9 Å². The summed E-state index contributed by atoms with van der Waals surface area (Å²) in [4.78, 5) is 64.1. The van der Waals surface area contributed by atoms with Crippen molar-refractivity contribution in [2.24, 2.45) is 5.41 Å². The number of aromatic nitrogens is 2. The summed E-state index contributed by atoms with van der Waals surface area (Å²) in [6, 6.07) is 9.99. The predicted molar refractivity (Wildman–Crippen MR) is 244 cm³/mol. The lowest BCUT2D eigenvalue weighted by Gasteiger charge is -2.35. The van der Waals surface area contributed by atoms with Crippen LogP contribution in [-0.4, -0.2) is 81.6 Å². The number of hydrogen-bond acceptors (Lipinski definition) is 10. The number of nitrogens with one attached hydrogen (secondary N) is 3. The number of alkyl halides is 2. The topological polar surface area (TPSA) is 172 Å². The van der Waals surface area contributed by atoms with Crippen molar-refractivity contribution in [2.75, 3.05) is 18.5 Å². The van der Waals surface area contributed by atoms with Gasteiger partial charge in [-0.25, -0.2) is 4.98 Å². The van der Waals surface area contributed by atoms with E-state index in [-0.39, 0.29) is 77.1 Å². The van der Waals surface area contributed by atoms with Crippen LogP contribution >= 0.6 is 34.5 Å². The van der Waals surface area contributed by atoms with Crippen molar-refractivity contribution >= 4 is 63.9 Å². The molecule has 0 bridgehead atoms. The fraction of sp³-hybridized carbons (Fsp3) is 0.478. The second-order valence-electron chi connectivity index (χ2n) is 16.8. The normalized spacial score (nSPS) is 15.5. The van der Waals surface area contributed by atoms with Gasteiger partial charge in [0, 0.05) is 43.9 Å². The minimum Gasteiger partial charge on any atom is -0.490 e. The number of halogens is 4. The van der Waals surface area contributed by atoms with Crippen LogP contribution in [0.25, 0.3) is 10.4 Å². The number of pyridine rings is 1. The van der Waals surface area contributed by atoms with Gasteiger partial charge in [-0.3, -0.25) is 24.2 Å². The van der Waals surface area contributed by atoms with E-state index < -0.39 is 42.0 Å². The number of β-amino-alcohol motifs (C(OH)–C–C–N with tert-alkyl or cyclic N) is 1. The van der Waals surface area contributed by atoms with Crippen LogP contribution in [0.4, 0.5) is 14.5 Å². The number of unbranched alkanes of at least 4 members (excludes halogenated alkanes) is 7. The van der Waals surface area contributed by atoms with Crippen molar-refractivity contribution in [3.63, 3.8) is 0 Å². The lowest BCUT2D eigenvalue weighted by atomic mass is 9.85. The summed E-state index contributed by atoms with van der Waals surface area (Å²) in [5.41, 5.74) is 4.34. The Bertz CT molecular complexity index is 2190. The highest BCUT2D eigenvalue weighted by Crippen LogP contribution is 2.33. The molecule has 2 aromatic heterocycles. The average Bonchev–Trinajstić information content (AvgIpc) is 3.87. The molecule has 3 atom stereocenters. The van der Waals surface area contributed by atoms with E-state index in [4.69, 9.17) is 27.9 Å². The van der Waals surface area contributed by atoms with Gasteiger partial charge in [-0.2, -0.15) is 8.78 Å². The summed E-state index contributed by atoms with van der Waals surface area (Å²) < 4.78 is 36.5. The minimum atomic E-state index is -3.08. The lowest BCUT2D eigenvalue weighted by Crippen LogP contribution is -2.57. The minimum absolute atomic E-state index is 0.000593. The fourth-order valence-corrected chi connectivity index (χ4v) is 8.59. The number of ether oxygens (including phenoxy) is 2. The molecule has 0 radical (unpaired) electrons.